The molecular weight excluding hydrogens is 351 g/mol. The predicted molar refractivity (Wildman–Crippen MR) is 88.8 cm³/mol. The van der Waals surface area contributed by atoms with Crippen LogP contribution >= 0.6 is 0 Å². The van der Waals surface area contributed by atoms with Gasteiger partial charge in [0.05, 0.1) is 6.10 Å². The summed E-state index contributed by atoms with van der Waals surface area (Å²) in [7, 11) is 0. The normalized spacial score (nSPS) is 26.2. The number of hydrogen-bond donors (Lipinski definition) is 2. The third kappa shape index (κ3) is 4.79. The summed E-state index contributed by atoms with van der Waals surface area (Å²) in [6.45, 7) is 1.56. The van der Waals surface area contributed by atoms with Crippen LogP contribution in [0.25, 0.3) is 0 Å². The number of ether oxygens (including phenoxy) is 2. The fraction of sp³-hybridized carbons (Fsp3) is 0.588. The van der Waals surface area contributed by atoms with E-state index < -0.39 is 12.5 Å². The Labute approximate surface area is 149 Å². The van der Waals surface area contributed by atoms with Gasteiger partial charge in [-0.3, -0.25) is 4.79 Å². The fourth-order valence-electron chi connectivity index (χ4n) is 3.36. The molecule has 26 heavy (non-hydrogen) atoms. The van der Waals surface area contributed by atoms with Crippen molar-refractivity contribution in [1.82, 2.24) is 5.32 Å². The van der Waals surface area contributed by atoms with Crippen molar-refractivity contribution in [3.05, 3.63) is 24.3 Å². The first kappa shape index (κ1) is 18.8. The van der Waals surface area contributed by atoms with Crippen LogP contribution in [0.5, 0.6) is 5.75 Å². The van der Waals surface area contributed by atoms with Crippen molar-refractivity contribution in [2.75, 3.05) is 24.5 Å². The van der Waals surface area contributed by atoms with Gasteiger partial charge in [-0.1, -0.05) is 6.07 Å². The summed E-state index contributed by atoms with van der Waals surface area (Å²) < 4.78 is 46.6. The van der Waals surface area contributed by atoms with Crippen molar-refractivity contribution < 1.29 is 27.4 Å². The first-order valence-corrected chi connectivity index (χ1v) is 8.60. The van der Waals surface area contributed by atoms with Crippen LogP contribution in [0.1, 0.15) is 19.3 Å². The van der Waals surface area contributed by atoms with Gasteiger partial charge in [-0.15, -0.1) is 13.2 Å². The Morgan fingerprint density at radius 2 is 2.15 bits per heavy atom. The maximum Gasteiger partial charge on any atom is 0.573 e. The van der Waals surface area contributed by atoms with Crippen molar-refractivity contribution in [3.63, 3.8) is 0 Å². The number of carbonyl (C=O) groups excluding carboxylic acids is 1. The summed E-state index contributed by atoms with van der Waals surface area (Å²) in [5, 5.41) is 2.96. The number of rotatable bonds is 5. The quantitative estimate of drug-likeness (QED) is 0.823. The van der Waals surface area contributed by atoms with Crippen LogP contribution in [0.4, 0.5) is 18.9 Å². The first-order chi connectivity index (χ1) is 12.3. The molecule has 3 N–H and O–H groups in total. The highest BCUT2D eigenvalue weighted by Gasteiger charge is 2.33. The van der Waals surface area contributed by atoms with Crippen molar-refractivity contribution in [2.24, 2.45) is 5.73 Å². The van der Waals surface area contributed by atoms with Crippen LogP contribution in [0.2, 0.25) is 0 Å². The maximum absolute atomic E-state index is 12.4. The molecule has 1 aromatic carbocycles. The largest absolute Gasteiger partial charge is 0.573 e. The molecule has 0 aromatic heterocycles. The van der Waals surface area contributed by atoms with E-state index in [-0.39, 0.29) is 23.8 Å². The first-order valence-electron chi connectivity index (χ1n) is 8.60. The second kappa shape index (κ2) is 7.71. The Kier molecular flexibility index (Phi) is 5.57. The number of alkyl halides is 3. The number of nitrogens with zero attached hydrogens (tertiary/aromatic N) is 1. The number of benzene rings is 1. The molecule has 1 aromatic rings. The molecule has 1 unspecified atom stereocenters. The van der Waals surface area contributed by atoms with Crippen LogP contribution in [0.3, 0.4) is 0 Å². The number of hydrogen-bond acceptors (Lipinski definition) is 5. The minimum atomic E-state index is -4.72. The zero-order chi connectivity index (χ0) is 18.7. The molecule has 3 rings (SSSR count). The molecule has 9 heteroatoms. The number of amides is 1. The number of carbonyl (C=O) groups is 1. The van der Waals surface area contributed by atoms with Crippen LogP contribution in [-0.2, 0) is 9.53 Å². The summed E-state index contributed by atoms with van der Waals surface area (Å²) in [5.74, 6) is -0.406. The molecule has 2 saturated heterocycles. The Hall–Kier alpha value is -2.00. The molecule has 0 saturated carbocycles. The number of halogens is 3. The van der Waals surface area contributed by atoms with Crippen LogP contribution < -0.4 is 20.7 Å². The average Bonchev–Trinajstić information content (AvgIpc) is 3.22. The van der Waals surface area contributed by atoms with E-state index in [1.165, 1.54) is 18.2 Å². The van der Waals surface area contributed by atoms with Crippen molar-refractivity contribution in [3.8, 4) is 5.75 Å². The second-order valence-corrected chi connectivity index (χ2v) is 6.55. The highest BCUT2D eigenvalue weighted by Crippen LogP contribution is 2.28. The predicted octanol–water partition coefficient (Wildman–Crippen LogP) is 1.79. The molecule has 2 fully saturated rings. The van der Waals surface area contributed by atoms with E-state index in [9.17, 15) is 18.0 Å². The lowest BCUT2D eigenvalue weighted by Gasteiger charge is -2.21. The van der Waals surface area contributed by atoms with Crippen LogP contribution in [0, 0.1) is 0 Å². The van der Waals surface area contributed by atoms with Crippen LogP contribution in [-0.4, -0.2) is 50.2 Å². The van der Waals surface area contributed by atoms with E-state index in [1.54, 1.807) is 6.07 Å². The molecule has 0 spiro atoms. The lowest BCUT2D eigenvalue weighted by Crippen LogP contribution is -2.43. The summed E-state index contributed by atoms with van der Waals surface area (Å²) in [4.78, 5) is 14.2. The van der Waals surface area contributed by atoms with Gasteiger partial charge in [-0.05, 0) is 31.4 Å². The van der Waals surface area contributed by atoms with Gasteiger partial charge in [-0.2, -0.15) is 0 Å². The summed E-state index contributed by atoms with van der Waals surface area (Å²) in [6, 6.07) is 5.78. The molecule has 144 valence electrons. The topological polar surface area (TPSA) is 76.8 Å². The van der Waals surface area contributed by atoms with Gasteiger partial charge in [0.25, 0.3) is 0 Å². The SMILES string of the molecule is NC[C@H]1CC[C@@H](C(=O)NC2CCN(c3cccc(OC(F)(F)F)c3)C2)O1. The minimum Gasteiger partial charge on any atom is -0.406 e. The Balaban J connectivity index is 1.54. The molecule has 3 atom stereocenters. The molecule has 0 bridgehead atoms. The second-order valence-electron chi connectivity index (χ2n) is 6.55. The Morgan fingerprint density at radius 3 is 2.85 bits per heavy atom. The Bertz CT molecular complexity index is 641. The van der Waals surface area contributed by atoms with E-state index >= 15 is 0 Å². The molecular formula is C17H22F3N3O3. The van der Waals surface area contributed by atoms with E-state index in [0.29, 0.717) is 38.2 Å². The van der Waals surface area contributed by atoms with Crippen LogP contribution in [0.15, 0.2) is 24.3 Å². The lowest BCUT2D eigenvalue weighted by molar-refractivity contribution is -0.274. The van der Waals surface area contributed by atoms with Gasteiger partial charge in [0.15, 0.2) is 0 Å². The monoisotopic (exact) mass is 373 g/mol. The van der Waals surface area contributed by atoms with E-state index in [0.717, 1.165) is 6.42 Å². The molecule has 2 heterocycles. The zero-order valence-electron chi connectivity index (χ0n) is 14.2. The van der Waals surface area contributed by atoms with Gasteiger partial charge in [-0.25, -0.2) is 0 Å². The average molecular weight is 373 g/mol. The van der Waals surface area contributed by atoms with Crippen molar-refractivity contribution in [1.29, 1.82) is 0 Å². The number of nitrogens with one attached hydrogen (secondary N) is 1. The molecule has 2 aliphatic rings. The minimum absolute atomic E-state index is 0.0674. The molecule has 1 amide bonds. The van der Waals surface area contributed by atoms with Crippen molar-refractivity contribution in [2.45, 2.75) is 43.9 Å². The van der Waals surface area contributed by atoms with Gasteiger partial charge < -0.3 is 25.4 Å². The Morgan fingerprint density at radius 1 is 1.35 bits per heavy atom. The van der Waals surface area contributed by atoms with Gasteiger partial charge in [0.2, 0.25) is 5.91 Å². The number of nitrogens with two attached hydrogens (primary N) is 1. The third-order valence-electron chi connectivity index (χ3n) is 4.61. The molecule has 6 nitrogen and oxygen atoms in total. The van der Waals surface area contributed by atoms with E-state index in [2.05, 4.69) is 10.1 Å². The van der Waals surface area contributed by atoms with E-state index in [1.807, 2.05) is 4.90 Å². The van der Waals surface area contributed by atoms with Gasteiger partial charge in [0, 0.05) is 37.4 Å². The highest BCUT2D eigenvalue weighted by atomic mass is 19.4. The maximum atomic E-state index is 12.4. The lowest BCUT2D eigenvalue weighted by atomic mass is 10.1. The highest BCUT2D eigenvalue weighted by molar-refractivity contribution is 5.81. The van der Waals surface area contributed by atoms with Crippen molar-refractivity contribution >= 4 is 11.6 Å². The van der Waals surface area contributed by atoms with E-state index in [4.69, 9.17) is 10.5 Å². The van der Waals surface area contributed by atoms with Gasteiger partial charge in [0.1, 0.15) is 11.9 Å². The number of anilines is 1. The fourth-order valence-corrected chi connectivity index (χ4v) is 3.36. The third-order valence-corrected chi connectivity index (χ3v) is 4.61. The molecule has 0 aliphatic carbocycles. The molecule has 2 aliphatic heterocycles. The summed E-state index contributed by atoms with van der Waals surface area (Å²) in [6.07, 6.45) is -3.12. The standard InChI is InChI=1S/C17H22F3N3O3/c18-17(19,20)26-13-3-1-2-12(8-13)23-7-6-11(10-23)22-16(24)15-5-4-14(9-21)25-15/h1-3,8,11,14-15H,4-7,9-10,21H2,(H,22,24)/t11?,14-,15+/m1/s1. The van der Waals surface area contributed by atoms with Gasteiger partial charge >= 0.3 is 6.36 Å². The molecule has 0 radical (unpaired) electrons. The summed E-state index contributed by atoms with van der Waals surface area (Å²) in [5.41, 5.74) is 6.18. The summed E-state index contributed by atoms with van der Waals surface area (Å²) >= 11 is 0. The zero-order valence-corrected chi connectivity index (χ0v) is 14.2. The smallest absolute Gasteiger partial charge is 0.406 e.